The van der Waals surface area contributed by atoms with E-state index < -0.39 is 0 Å². The summed E-state index contributed by atoms with van der Waals surface area (Å²) < 4.78 is 5.59. The molecule has 0 amide bonds. The average molecular weight is 326 g/mol. The molecule has 0 radical (unpaired) electrons. The third kappa shape index (κ3) is 3.96. The molecule has 0 spiro atoms. The number of rotatable bonds is 4. The minimum Gasteiger partial charge on any atom is -0.444 e. The lowest BCUT2D eigenvalue weighted by atomic mass is 9.93. The molecule has 1 N–H and O–H groups in total. The zero-order valence-corrected chi connectivity index (χ0v) is 14.7. The van der Waals surface area contributed by atoms with Crippen LogP contribution in [0, 0.1) is 5.41 Å². The molecule has 0 saturated carbocycles. The second-order valence-corrected chi connectivity index (χ2v) is 7.02. The summed E-state index contributed by atoms with van der Waals surface area (Å²) in [4.78, 5) is 11.6. The second kappa shape index (κ2) is 7.07. The van der Waals surface area contributed by atoms with Crippen molar-refractivity contribution in [2.75, 3.05) is 19.6 Å². The zero-order chi connectivity index (χ0) is 17.0. The molecule has 2 heterocycles. The molecule has 1 fully saturated rings. The van der Waals surface area contributed by atoms with E-state index in [4.69, 9.17) is 9.41 Å². The van der Waals surface area contributed by atoms with Crippen molar-refractivity contribution in [3.8, 4) is 11.5 Å². The molecule has 1 aromatic heterocycles. The van der Waals surface area contributed by atoms with Gasteiger partial charge in [-0.2, -0.15) is 0 Å². The zero-order valence-electron chi connectivity index (χ0n) is 14.7. The number of aliphatic imine (C=N–C) groups is 1. The predicted molar refractivity (Wildman–Crippen MR) is 96.7 cm³/mol. The van der Waals surface area contributed by atoms with Gasteiger partial charge in [0.25, 0.3) is 0 Å². The van der Waals surface area contributed by atoms with E-state index in [9.17, 15) is 0 Å². The van der Waals surface area contributed by atoms with Crippen LogP contribution < -0.4 is 5.32 Å². The van der Waals surface area contributed by atoms with Crippen LogP contribution in [0.3, 0.4) is 0 Å². The van der Waals surface area contributed by atoms with Crippen LogP contribution in [0.15, 0.2) is 46.0 Å². The van der Waals surface area contributed by atoms with E-state index in [1.54, 1.807) is 6.26 Å². The van der Waals surface area contributed by atoms with Crippen LogP contribution in [0.2, 0.25) is 0 Å². The number of likely N-dealkylation sites (tertiary alicyclic amines) is 1. The van der Waals surface area contributed by atoms with E-state index in [1.807, 2.05) is 30.3 Å². The normalized spacial score (nSPS) is 17.3. The van der Waals surface area contributed by atoms with Crippen LogP contribution in [0.5, 0.6) is 0 Å². The predicted octanol–water partition coefficient (Wildman–Crippen LogP) is 3.54. The second-order valence-electron chi connectivity index (χ2n) is 7.02. The molecule has 0 unspecified atom stereocenters. The number of benzene rings is 1. The van der Waals surface area contributed by atoms with E-state index in [-0.39, 0.29) is 0 Å². The van der Waals surface area contributed by atoms with E-state index in [2.05, 4.69) is 36.0 Å². The van der Waals surface area contributed by atoms with Crippen molar-refractivity contribution in [2.45, 2.75) is 33.7 Å². The third-order valence-electron chi connectivity index (χ3n) is 4.28. The quantitative estimate of drug-likeness (QED) is 0.690. The van der Waals surface area contributed by atoms with Crippen molar-refractivity contribution in [1.82, 2.24) is 15.2 Å². The topological polar surface area (TPSA) is 53.7 Å². The maximum Gasteiger partial charge on any atom is 0.226 e. The van der Waals surface area contributed by atoms with Gasteiger partial charge in [0.05, 0.1) is 6.54 Å². The number of hydrogen-bond donors (Lipinski definition) is 1. The lowest BCUT2D eigenvalue weighted by molar-refractivity contribution is 0.370. The maximum absolute atomic E-state index is 5.59. The summed E-state index contributed by atoms with van der Waals surface area (Å²) in [5, 5.41) is 3.39. The molecule has 128 valence electrons. The van der Waals surface area contributed by atoms with Gasteiger partial charge in [0, 0.05) is 25.2 Å². The molecular formula is C19H26N4O. The molecule has 1 aromatic carbocycles. The van der Waals surface area contributed by atoms with Gasteiger partial charge in [0.15, 0.2) is 5.96 Å². The Morgan fingerprint density at radius 3 is 2.79 bits per heavy atom. The Morgan fingerprint density at radius 2 is 2.12 bits per heavy atom. The highest BCUT2D eigenvalue weighted by atomic mass is 16.3. The third-order valence-corrected chi connectivity index (χ3v) is 4.28. The lowest BCUT2D eigenvalue weighted by Gasteiger charge is -2.23. The maximum atomic E-state index is 5.59. The van der Waals surface area contributed by atoms with Crippen molar-refractivity contribution in [3.05, 3.63) is 42.3 Å². The van der Waals surface area contributed by atoms with E-state index in [0.29, 0.717) is 17.9 Å². The first-order valence-electron chi connectivity index (χ1n) is 8.60. The van der Waals surface area contributed by atoms with Crippen molar-refractivity contribution in [2.24, 2.45) is 10.4 Å². The van der Waals surface area contributed by atoms with E-state index in [0.717, 1.165) is 36.9 Å². The molecule has 1 aliphatic rings. The molecule has 5 nitrogen and oxygen atoms in total. The summed E-state index contributed by atoms with van der Waals surface area (Å²) in [7, 11) is 0. The number of oxazole rings is 1. The van der Waals surface area contributed by atoms with Crippen LogP contribution in [0.25, 0.3) is 11.5 Å². The van der Waals surface area contributed by atoms with Gasteiger partial charge in [-0.1, -0.05) is 32.0 Å². The van der Waals surface area contributed by atoms with Crippen molar-refractivity contribution in [1.29, 1.82) is 0 Å². The first-order valence-corrected chi connectivity index (χ1v) is 8.60. The largest absolute Gasteiger partial charge is 0.444 e. The fourth-order valence-electron chi connectivity index (χ4n) is 2.97. The highest BCUT2D eigenvalue weighted by Gasteiger charge is 2.30. The first kappa shape index (κ1) is 16.6. The van der Waals surface area contributed by atoms with Crippen molar-refractivity contribution < 1.29 is 4.42 Å². The molecule has 0 bridgehead atoms. The summed E-state index contributed by atoms with van der Waals surface area (Å²) in [6.07, 6.45) is 2.89. The average Bonchev–Trinajstić information content (AvgIpc) is 3.19. The minimum atomic E-state index is 0.352. The van der Waals surface area contributed by atoms with Crippen molar-refractivity contribution >= 4 is 5.96 Å². The number of hydrogen-bond acceptors (Lipinski definition) is 3. The molecule has 0 aliphatic carbocycles. The Balaban J connectivity index is 1.70. The number of aromatic nitrogens is 1. The van der Waals surface area contributed by atoms with Gasteiger partial charge in [-0.25, -0.2) is 9.98 Å². The molecule has 3 rings (SSSR count). The van der Waals surface area contributed by atoms with Gasteiger partial charge < -0.3 is 14.6 Å². The molecule has 24 heavy (non-hydrogen) atoms. The summed E-state index contributed by atoms with van der Waals surface area (Å²) in [5.74, 6) is 1.61. The lowest BCUT2D eigenvalue weighted by Crippen LogP contribution is -2.40. The van der Waals surface area contributed by atoms with Gasteiger partial charge in [0.2, 0.25) is 5.89 Å². The number of nitrogens with zero attached hydrogens (tertiary/aromatic N) is 3. The molecular weight excluding hydrogens is 300 g/mol. The highest BCUT2D eigenvalue weighted by molar-refractivity contribution is 5.80. The smallest absolute Gasteiger partial charge is 0.226 e. The fraction of sp³-hybridized carbons (Fsp3) is 0.474. The summed E-state index contributed by atoms with van der Waals surface area (Å²) in [5.41, 5.74) is 2.19. The SMILES string of the molecule is CCNC(=NCc1coc(-c2ccccc2)n1)N1CCC(C)(C)C1. The summed E-state index contributed by atoms with van der Waals surface area (Å²) in [6, 6.07) is 9.94. The number of nitrogens with one attached hydrogen (secondary N) is 1. The molecule has 1 saturated heterocycles. The first-order chi connectivity index (χ1) is 11.6. The van der Waals surface area contributed by atoms with Gasteiger partial charge in [-0.3, -0.25) is 0 Å². The van der Waals surface area contributed by atoms with Crippen LogP contribution in [0.1, 0.15) is 32.9 Å². The molecule has 1 aliphatic heterocycles. The minimum absolute atomic E-state index is 0.352. The number of guanidine groups is 1. The van der Waals surface area contributed by atoms with Crippen molar-refractivity contribution in [3.63, 3.8) is 0 Å². The molecule has 0 atom stereocenters. The Morgan fingerprint density at radius 1 is 1.33 bits per heavy atom. The van der Waals surface area contributed by atoms with Gasteiger partial charge in [-0.15, -0.1) is 0 Å². The highest BCUT2D eigenvalue weighted by Crippen LogP contribution is 2.28. The van der Waals surface area contributed by atoms with Crippen LogP contribution in [0.4, 0.5) is 0 Å². The fourth-order valence-corrected chi connectivity index (χ4v) is 2.97. The van der Waals surface area contributed by atoms with Crippen LogP contribution >= 0.6 is 0 Å². The standard InChI is InChI=1S/C19H26N4O/c1-4-20-18(23-11-10-19(2,3)14-23)21-12-16-13-24-17(22-16)15-8-6-5-7-9-15/h5-9,13H,4,10-12,14H2,1-3H3,(H,20,21). The van der Waals surface area contributed by atoms with Gasteiger partial charge in [-0.05, 0) is 30.9 Å². The summed E-state index contributed by atoms with van der Waals surface area (Å²) >= 11 is 0. The van der Waals surface area contributed by atoms with Crippen LogP contribution in [-0.2, 0) is 6.54 Å². The van der Waals surface area contributed by atoms with E-state index in [1.165, 1.54) is 6.42 Å². The summed E-state index contributed by atoms with van der Waals surface area (Å²) in [6.45, 7) is 10.2. The molecule has 5 heteroatoms. The van der Waals surface area contributed by atoms with Gasteiger partial charge >= 0.3 is 0 Å². The Labute approximate surface area is 143 Å². The molecule has 2 aromatic rings. The Bertz CT molecular complexity index is 690. The Kier molecular flexibility index (Phi) is 4.88. The monoisotopic (exact) mass is 326 g/mol. The van der Waals surface area contributed by atoms with Gasteiger partial charge in [0.1, 0.15) is 12.0 Å². The van der Waals surface area contributed by atoms with E-state index >= 15 is 0 Å². The van der Waals surface area contributed by atoms with Crippen LogP contribution in [-0.4, -0.2) is 35.5 Å². The Hall–Kier alpha value is -2.30.